The lowest BCUT2D eigenvalue weighted by molar-refractivity contribution is -0.145. The van der Waals surface area contributed by atoms with Crippen molar-refractivity contribution < 1.29 is 19.4 Å². The van der Waals surface area contributed by atoms with Gasteiger partial charge in [-0.05, 0) is 23.8 Å². The van der Waals surface area contributed by atoms with Crippen molar-refractivity contribution in [3.05, 3.63) is 60.3 Å². The highest BCUT2D eigenvalue weighted by Gasteiger charge is 2.26. The number of fused-ring (bicyclic) bond motifs is 1. The molecule has 0 unspecified atom stereocenters. The summed E-state index contributed by atoms with van der Waals surface area (Å²) in [5.41, 5.74) is 2.74. The predicted octanol–water partition coefficient (Wildman–Crippen LogP) is 1.90. The lowest BCUT2D eigenvalue weighted by atomic mass is 10.0. The van der Waals surface area contributed by atoms with E-state index in [4.69, 9.17) is 4.74 Å². The summed E-state index contributed by atoms with van der Waals surface area (Å²) in [5, 5.41) is 13.9. The van der Waals surface area contributed by atoms with Gasteiger partial charge in [0.05, 0.1) is 19.3 Å². The maximum Gasteiger partial charge on any atom is 0.328 e. The van der Waals surface area contributed by atoms with Gasteiger partial charge in [0.1, 0.15) is 11.8 Å². The molecule has 1 atom stereocenters. The minimum absolute atomic E-state index is 0.204. The third-order valence-electron chi connectivity index (χ3n) is 5.88. The first-order valence-corrected chi connectivity index (χ1v) is 10.7. The van der Waals surface area contributed by atoms with Gasteiger partial charge in [-0.1, -0.05) is 30.3 Å². The molecule has 1 aliphatic heterocycles. The molecule has 0 spiro atoms. The number of hydrogen-bond donors (Lipinski definition) is 3. The summed E-state index contributed by atoms with van der Waals surface area (Å²) in [6.45, 7) is 3.00. The number of nitrogens with zero attached hydrogens (tertiary/aromatic N) is 2. The molecule has 0 radical (unpaired) electrons. The Labute approximate surface area is 186 Å². The molecule has 1 aromatic heterocycles. The van der Waals surface area contributed by atoms with Crippen molar-refractivity contribution in [2.75, 3.05) is 44.7 Å². The number of aromatic nitrogens is 1. The number of piperazine rings is 1. The van der Waals surface area contributed by atoms with Gasteiger partial charge >= 0.3 is 5.97 Å². The van der Waals surface area contributed by atoms with Gasteiger partial charge in [0.2, 0.25) is 5.91 Å². The van der Waals surface area contributed by atoms with E-state index in [9.17, 15) is 14.7 Å². The summed E-state index contributed by atoms with van der Waals surface area (Å²) in [4.78, 5) is 32.4. The van der Waals surface area contributed by atoms with Crippen LogP contribution in [0.3, 0.4) is 0 Å². The van der Waals surface area contributed by atoms with E-state index in [0.29, 0.717) is 32.6 Å². The largest absolute Gasteiger partial charge is 0.506 e. The number of phenols is 1. The van der Waals surface area contributed by atoms with E-state index in [1.54, 1.807) is 12.1 Å². The Morgan fingerprint density at radius 3 is 2.56 bits per heavy atom. The second-order valence-electron chi connectivity index (χ2n) is 7.96. The van der Waals surface area contributed by atoms with Crippen molar-refractivity contribution in [1.82, 2.24) is 15.2 Å². The number of para-hydroxylation sites is 3. The summed E-state index contributed by atoms with van der Waals surface area (Å²) >= 11 is 0. The van der Waals surface area contributed by atoms with E-state index in [1.165, 1.54) is 7.11 Å². The minimum Gasteiger partial charge on any atom is -0.506 e. The van der Waals surface area contributed by atoms with Crippen LogP contribution >= 0.6 is 0 Å². The molecule has 3 aromatic rings. The number of anilines is 1. The van der Waals surface area contributed by atoms with E-state index in [-0.39, 0.29) is 18.2 Å². The molecule has 32 heavy (non-hydrogen) atoms. The van der Waals surface area contributed by atoms with Crippen LogP contribution in [0, 0.1) is 0 Å². The molecule has 0 bridgehead atoms. The Balaban J connectivity index is 1.34. The van der Waals surface area contributed by atoms with E-state index in [1.807, 2.05) is 47.5 Å². The van der Waals surface area contributed by atoms with Crippen molar-refractivity contribution in [3.63, 3.8) is 0 Å². The standard InChI is InChI=1S/C24H28N4O4/c1-32-24(31)20(14-17-15-25-19-7-3-2-6-18(17)19)26-23(30)16-27-10-12-28(13-11-27)21-8-4-5-9-22(21)29/h2-9,15,20,25,29H,10-14,16H2,1H3,(H,26,30)/t20-/m0/s1. The number of carbonyl (C=O) groups is 2. The van der Waals surface area contributed by atoms with Gasteiger partial charge in [-0.3, -0.25) is 9.69 Å². The second kappa shape index (κ2) is 9.74. The second-order valence-corrected chi connectivity index (χ2v) is 7.96. The summed E-state index contributed by atoms with van der Waals surface area (Å²) in [6, 6.07) is 14.4. The number of phenolic OH excluding ortho intramolecular Hbond substituents is 1. The van der Waals surface area contributed by atoms with Gasteiger partial charge in [-0.2, -0.15) is 0 Å². The number of ether oxygens (including phenoxy) is 1. The number of H-pyrrole nitrogens is 1. The van der Waals surface area contributed by atoms with Gasteiger partial charge < -0.3 is 25.0 Å². The lowest BCUT2D eigenvalue weighted by Crippen LogP contribution is -2.52. The molecule has 0 aliphatic carbocycles. The first-order valence-electron chi connectivity index (χ1n) is 10.7. The Hall–Kier alpha value is -3.52. The van der Waals surface area contributed by atoms with E-state index >= 15 is 0 Å². The topological polar surface area (TPSA) is 97.9 Å². The summed E-state index contributed by atoms with van der Waals surface area (Å²) in [5.74, 6) is -0.416. The van der Waals surface area contributed by atoms with Gasteiger partial charge in [0.25, 0.3) is 0 Å². The number of methoxy groups -OCH3 is 1. The number of nitrogens with one attached hydrogen (secondary N) is 2. The number of rotatable bonds is 7. The van der Waals surface area contributed by atoms with Crippen molar-refractivity contribution >= 4 is 28.5 Å². The number of benzene rings is 2. The normalized spacial score (nSPS) is 15.5. The molecule has 1 amide bonds. The van der Waals surface area contributed by atoms with Crippen molar-refractivity contribution in [1.29, 1.82) is 0 Å². The van der Waals surface area contributed by atoms with Crippen LogP contribution < -0.4 is 10.2 Å². The minimum atomic E-state index is -0.755. The van der Waals surface area contributed by atoms with Crippen LogP contribution in [0.4, 0.5) is 5.69 Å². The third kappa shape index (κ3) is 4.86. The highest BCUT2D eigenvalue weighted by molar-refractivity contribution is 5.87. The molecule has 168 valence electrons. The molecule has 8 nitrogen and oxygen atoms in total. The van der Waals surface area contributed by atoms with E-state index in [2.05, 4.69) is 15.2 Å². The van der Waals surface area contributed by atoms with E-state index < -0.39 is 12.0 Å². The fourth-order valence-electron chi connectivity index (χ4n) is 4.18. The van der Waals surface area contributed by atoms with Crippen LogP contribution in [0.2, 0.25) is 0 Å². The first-order chi connectivity index (χ1) is 15.5. The van der Waals surface area contributed by atoms with Gasteiger partial charge in [-0.25, -0.2) is 4.79 Å². The lowest BCUT2D eigenvalue weighted by Gasteiger charge is -2.36. The van der Waals surface area contributed by atoms with Crippen LogP contribution in [0.1, 0.15) is 5.56 Å². The monoisotopic (exact) mass is 436 g/mol. The number of hydrogen-bond acceptors (Lipinski definition) is 6. The summed E-state index contributed by atoms with van der Waals surface area (Å²) in [7, 11) is 1.33. The highest BCUT2D eigenvalue weighted by Crippen LogP contribution is 2.27. The van der Waals surface area contributed by atoms with Gasteiger partial charge in [0, 0.05) is 49.7 Å². The summed E-state index contributed by atoms with van der Waals surface area (Å²) < 4.78 is 4.93. The quantitative estimate of drug-likeness (QED) is 0.490. The molecular formula is C24H28N4O4. The number of carbonyl (C=O) groups excluding carboxylic acids is 2. The molecule has 4 rings (SSSR count). The van der Waals surface area contributed by atoms with Gasteiger partial charge in [0.15, 0.2) is 0 Å². The third-order valence-corrected chi connectivity index (χ3v) is 5.88. The number of aromatic hydroxyl groups is 1. The molecule has 2 heterocycles. The number of aromatic amines is 1. The Kier molecular flexibility index (Phi) is 6.61. The highest BCUT2D eigenvalue weighted by atomic mass is 16.5. The van der Waals surface area contributed by atoms with Crippen molar-refractivity contribution in [3.8, 4) is 5.75 Å². The zero-order valence-electron chi connectivity index (χ0n) is 18.1. The molecule has 1 saturated heterocycles. The van der Waals surface area contributed by atoms with Crippen molar-refractivity contribution in [2.24, 2.45) is 0 Å². The predicted molar refractivity (Wildman–Crippen MR) is 123 cm³/mol. The molecule has 1 aliphatic rings. The smallest absolute Gasteiger partial charge is 0.328 e. The van der Waals surface area contributed by atoms with Crippen molar-refractivity contribution in [2.45, 2.75) is 12.5 Å². The summed E-state index contributed by atoms with van der Waals surface area (Å²) in [6.07, 6.45) is 2.22. The van der Waals surface area contributed by atoms with Crippen LogP contribution in [-0.2, 0) is 20.7 Å². The molecular weight excluding hydrogens is 408 g/mol. The van der Waals surface area contributed by atoms with Crippen LogP contribution in [0.15, 0.2) is 54.7 Å². The first kappa shape index (κ1) is 21.7. The van der Waals surface area contributed by atoms with E-state index in [0.717, 1.165) is 22.2 Å². The zero-order chi connectivity index (χ0) is 22.5. The Morgan fingerprint density at radius 1 is 1.09 bits per heavy atom. The van der Waals surface area contributed by atoms with Gasteiger partial charge in [-0.15, -0.1) is 0 Å². The maximum atomic E-state index is 12.7. The fourth-order valence-corrected chi connectivity index (χ4v) is 4.18. The molecule has 1 fully saturated rings. The maximum absolute atomic E-state index is 12.7. The molecule has 2 aromatic carbocycles. The Bertz CT molecular complexity index is 1090. The van der Waals surface area contributed by atoms with Crippen LogP contribution in [0.5, 0.6) is 5.75 Å². The average Bonchev–Trinajstić information content (AvgIpc) is 3.22. The number of esters is 1. The fraction of sp³-hybridized carbons (Fsp3) is 0.333. The van der Waals surface area contributed by atoms with Crippen LogP contribution in [0.25, 0.3) is 10.9 Å². The molecule has 0 saturated carbocycles. The molecule has 3 N–H and O–H groups in total. The Morgan fingerprint density at radius 2 is 1.81 bits per heavy atom. The zero-order valence-corrected chi connectivity index (χ0v) is 18.1. The van der Waals surface area contributed by atoms with Crippen LogP contribution in [-0.4, -0.2) is 72.7 Å². The number of amides is 1. The average molecular weight is 437 g/mol. The SMILES string of the molecule is COC(=O)[C@H](Cc1c[nH]c2ccccc12)NC(=O)CN1CCN(c2ccccc2O)CC1. The molecule has 8 heteroatoms.